The van der Waals surface area contributed by atoms with E-state index in [1.165, 1.54) is 16.7 Å². The first-order chi connectivity index (χ1) is 11.8. The summed E-state index contributed by atoms with van der Waals surface area (Å²) in [7, 11) is -2.07. The molecule has 0 radical (unpaired) electrons. The lowest BCUT2D eigenvalue weighted by Gasteiger charge is -2.48. The molecular weight excluding hydrogens is 398 g/mol. The topological polar surface area (TPSA) is 93.1 Å². The van der Waals surface area contributed by atoms with E-state index in [0.717, 1.165) is 0 Å². The highest BCUT2D eigenvalue weighted by molar-refractivity contribution is 8.04. The lowest BCUT2D eigenvalue weighted by molar-refractivity contribution is -0.156. The highest BCUT2D eigenvalue weighted by atomic mass is 35.5. The van der Waals surface area contributed by atoms with Gasteiger partial charge >= 0.3 is 11.4 Å². The maximum absolute atomic E-state index is 12.6. The van der Waals surface area contributed by atoms with E-state index in [-0.39, 0.29) is 34.7 Å². The number of carboxylic acid groups (broad SMARTS) is 1. The largest absolute Gasteiger partial charge is 0.477 e. The van der Waals surface area contributed by atoms with Gasteiger partial charge in [0.05, 0.1) is 16.9 Å². The van der Waals surface area contributed by atoms with Crippen LogP contribution < -0.4 is 0 Å². The molecular formula is C16H24ClNO6SSi. The third kappa shape index (κ3) is 3.81. The summed E-state index contributed by atoms with van der Waals surface area (Å²) >= 11 is 6.37. The second-order valence-corrected chi connectivity index (χ2v) is 14.2. The van der Waals surface area contributed by atoms with Crippen LogP contribution in [0.2, 0.25) is 18.1 Å². The van der Waals surface area contributed by atoms with E-state index < -0.39 is 25.6 Å². The number of rotatable bonds is 6. The van der Waals surface area contributed by atoms with Gasteiger partial charge in [0.1, 0.15) is 17.7 Å². The van der Waals surface area contributed by atoms with Gasteiger partial charge in [-0.25, -0.2) is 9.59 Å². The Morgan fingerprint density at radius 1 is 1.38 bits per heavy atom. The molecule has 2 aliphatic heterocycles. The zero-order valence-corrected chi connectivity index (χ0v) is 18.2. The summed E-state index contributed by atoms with van der Waals surface area (Å²) in [5.41, 5.74) is -1.16. The fraction of sp³-hybridized carbons (Fsp3) is 0.688. The number of hydrogen-bond acceptors (Lipinski definition) is 6. The smallest absolute Gasteiger partial charge is 0.404 e. The van der Waals surface area contributed by atoms with Crippen LogP contribution in [0.5, 0.6) is 0 Å². The Morgan fingerprint density at radius 3 is 2.42 bits per heavy atom. The predicted octanol–water partition coefficient (Wildman–Crippen LogP) is 3.60. The Hall–Kier alpha value is -1.03. The van der Waals surface area contributed by atoms with Gasteiger partial charge in [0.2, 0.25) is 5.91 Å². The van der Waals surface area contributed by atoms with E-state index in [4.69, 9.17) is 20.8 Å². The van der Waals surface area contributed by atoms with Crippen molar-refractivity contribution in [1.82, 2.24) is 4.90 Å². The summed E-state index contributed by atoms with van der Waals surface area (Å²) in [5.74, 6) is -1.95. The maximum Gasteiger partial charge on any atom is 0.404 e. The summed E-state index contributed by atoms with van der Waals surface area (Å²) in [5, 5.41) is 9.08. The molecule has 26 heavy (non-hydrogen) atoms. The van der Waals surface area contributed by atoms with Crippen LogP contribution in [0.4, 0.5) is 4.79 Å². The van der Waals surface area contributed by atoms with Gasteiger partial charge in [-0.05, 0) is 25.1 Å². The first-order valence-electron chi connectivity index (χ1n) is 8.24. The normalized spacial score (nSPS) is 24.3. The zero-order valence-electron chi connectivity index (χ0n) is 15.7. The quantitative estimate of drug-likeness (QED) is 0.397. The average Bonchev–Trinajstić information content (AvgIpc) is 2.77. The fourth-order valence-corrected chi connectivity index (χ4v) is 5.78. The minimum atomic E-state index is -2.07. The number of amides is 1. The van der Waals surface area contributed by atoms with Crippen molar-refractivity contribution < 1.29 is 28.7 Å². The van der Waals surface area contributed by atoms with E-state index >= 15 is 0 Å². The predicted molar refractivity (Wildman–Crippen MR) is 101 cm³/mol. The van der Waals surface area contributed by atoms with Crippen molar-refractivity contribution in [3.63, 3.8) is 0 Å². The van der Waals surface area contributed by atoms with Crippen LogP contribution in [0.15, 0.2) is 10.6 Å². The molecule has 0 aromatic carbocycles. The number of carbonyl (C=O) groups is 3. The number of β-lactam (4-membered cyclic amide) rings is 1. The fourth-order valence-electron chi connectivity index (χ4n) is 2.78. The molecule has 0 aromatic heterocycles. The number of fused-ring (bicyclic) bond motifs is 1. The second-order valence-electron chi connectivity index (χ2n) is 7.93. The Kier molecular flexibility index (Phi) is 5.87. The van der Waals surface area contributed by atoms with Gasteiger partial charge in [0, 0.05) is 11.6 Å². The molecule has 1 fully saturated rings. The summed E-state index contributed by atoms with van der Waals surface area (Å²) in [6, 6.07) is 0. The standard InChI is InChI=1S/C16H24ClNO6SSi/c1-8(24-26(5,6)16(2,3)4)10-12(19)18-11(14(20)21)9(25-13(10)18)7-23-15(17)22/h8,10,13H,7H2,1-6H3,(H,20,21)/t8-,10-,13+/m0/s1. The van der Waals surface area contributed by atoms with Gasteiger partial charge in [0.25, 0.3) is 0 Å². The first-order valence-corrected chi connectivity index (χ1v) is 12.4. The van der Waals surface area contributed by atoms with Crippen molar-refractivity contribution in [2.75, 3.05) is 6.61 Å². The van der Waals surface area contributed by atoms with Crippen LogP contribution in [0, 0.1) is 5.92 Å². The number of aliphatic carboxylic acids is 1. The molecule has 2 rings (SSSR count). The van der Waals surface area contributed by atoms with Gasteiger partial charge in [-0.3, -0.25) is 9.69 Å². The molecule has 0 unspecified atom stereocenters. The molecule has 0 bridgehead atoms. The molecule has 0 aliphatic carbocycles. The van der Waals surface area contributed by atoms with Crippen molar-refractivity contribution in [2.45, 2.75) is 57.3 Å². The molecule has 7 nitrogen and oxygen atoms in total. The maximum atomic E-state index is 12.6. The molecule has 0 saturated carbocycles. The van der Waals surface area contributed by atoms with Crippen LogP contribution in [0.3, 0.4) is 0 Å². The van der Waals surface area contributed by atoms with E-state index in [9.17, 15) is 19.5 Å². The third-order valence-corrected chi connectivity index (χ3v) is 11.2. The average molecular weight is 422 g/mol. The van der Waals surface area contributed by atoms with Crippen molar-refractivity contribution in [1.29, 1.82) is 0 Å². The second kappa shape index (κ2) is 7.18. The van der Waals surface area contributed by atoms with Crippen LogP contribution in [-0.4, -0.2) is 53.7 Å². The number of halogens is 1. The van der Waals surface area contributed by atoms with E-state index in [2.05, 4.69) is 33.9 Å². The number of thioether (sulfide) groups is 1. The van der Waals surface area contributed by atoms with Crippen molar-refractivity contribution >= 4 is 49.0 Å². The number of ether oxygens (including phenoxy) is 1. The first kappa shape index (κ1) is 21.3. The summed E-state index contributed by atoms with van der Waals surface area (Å²) in [4.78, 5) is 36.6. The molecule has 146 valence electrons. The SMILES string of the molecule is C[C@H](O[Si](C)(C)C(C)(C)C)[C@H]1C(=O)N2C(C(=O)O)=C(COC(=O)Cl)S[C@H]12. The Bertz CT molecular complexity index is 674. The molecule has 3 atom stereocenters. The van der Waals surface area contributed by atoms with Gasteiger partial charge in [-0.15, -0.1) is 0 Å². The molecule has 1 N–H and O–H groups in total. The molecule has 0 spiro atoms. The van der Waals surface area contributed by atoms with Gasteiger partial charge in [-0.2, -0.15) is 0 Å². The molecule has 10 heteroatoms. The van der Waals surface area contributed by atoms with E-state index in [1.54, 1.807) is 0 Å². The van der Waals surface area contributed by atoms with E-state index in [0.29, 0.717) is 4.91 Å². The molecule has 0 aromatic rings. The third-order valence-electron chi connectivity index (χ3n) is 5.16. The number of carboxylic acids is 1. The van der Waals surface area contributed by atoms with Gasteiger partial charge in [-0.1, -0.05) is 32.5 Å². The Morgan fingerprint density at radius 2 is 1.96 bits per heavy atom. The van der Waals surface area contributed by atoms with Crippen LogP contribution >= 0.6 is 23.4 Å². The monoisotopic (exact) mass is 421 g/mol. The van der Waals surface area contributed by atoms with E-state index in [1.807, 2.05) is 6.92 Å². The number of nitrogens with zero attached hydrogens (tertiary/aromatic N) is 1. The van der Waals surface area contributed by atoms with Crippen LogP contribution in [0.1, 0.15) is 27.7 Å². The summed E-state index contributed by atoms with van der Waals surface area (Å²) in [6.07, 6.45) is -0.331. The van der Waals surface area contributed by atoms with Crippen molar-refractivity contribution in [2.24, 2.45) is 5.92 Å². The lowest BCUT2D eigenvalue weighted by Crippen LogP contribution is -2.62. The molecule has 1 saturated heterocycles. The lowest BCUT2D eigenvalue weighted by atomic mass is 9.92. The van der Waals surface area contributed by atoms with Gasteiger partial charge in [0.15, 0.2) is 8.32 Å². The number of hydrogen-bond donors (Lipinski definition) is 1. The molecule has 2 aliphatic rings. The van der Waals surface area contributed by atoms with Crippen molar-refractivity contribution in [3.8, 4) is 0 Å². The zero-order chi connectivity index (χ0) is 20.0. The Balaban J connectivity index is 2.16. The van der Waals surface area contributed by atoms with Gasteiger partial charge < -0.3 is 14.3 Å². The molecule has 1 amide bonds. The Labute approximate surface area is 163 Å². The highest BCUT2D eigenvalue weighted by Gasteiger charge is 2.59. The summed E-state index contributed by atoms with van der Waals surface area (Å²) in [6.45, 7) is 12.2. The number of carbonyl (C=O) groups excluding carboxylic acids is 2. The minimum Gasteiger partial charge on any atom is -0.477 e. The molecule has 2 heterocycles. The van der Waals surface area contributed by atoms with Crippen molar-refractivity contribution in [3.05, 3.63) is 10.6 Å². The van der Waals surface area contributed by atoms with Crippen LogP contribution in [-0.2, 0) is 18.8 Å². The summed E-state index contributed by atoms with van der Waals surface area (Å²) < 4.78 is 11.0. The van der Waals surface area contributed by atoms with Crippen LogP contribution in [0.25, 0.3) is 0 Å². The minimum absolute atomic E-state index is 0.000740. The highest BCUT2D eigenvalue weighted by Crippen LogP contribution is 2.51.